The molecule has 114 valence electrons. The highest BCUT2D eigenvalue weighted by molar-refractivity contribution is 5.81. The zero-order valence-corrected chi connectivity index (χ0v) is 13.3. The van der Waals surface area contributed by atoms with Crippen molar-refractivity contribution < 1.29 is 9.53 Å². The summed E-state index contributed by atoms with van der Waals surface area (Å²) in [6.07, 6.45) is 3.86. The van der Waals surface area contributed by atoms with E-state index in [9.17, 15) is 4.79 Å². The zero-order chi connectivity index (χ0) is 15.0. The van der Waals surface area contributed by atoms with Gasteiger partial charge in [0.05, 0.1) is 7.11 Å². The number of amides is 1. The summed E-state index contributed by atoms with van der Waals surface area (Å²) >= 11 is 0. The fourth-order valence-electron chi connectivity index (χ4n) is 3.89. The lowest BCUT2D eigenvalue weighted by molar-refractivity contribution is -0.129. The van der Waals surface area contributed by atoms with Crippen LogP contribution in [0.4, 0.5) is 0 Å². The second-order valence-electron chi connectivity index (χ2n) is 6.71. The molecule has 21 heavy (non-hydrogen) atoms. The lowest BCUT2D eigenvalue weighted by Crippen LogP contribution is -2.38. The van der Waals surface area contributed by atoms with Crippen molar-refractivity contribution >= 4 is 5.91 Å². The molecular weight excluding hydrogens is 262 g/mol. The maximum atomic E-state index is 12.4. The van der Waals surface area contributed by atoms with Gasteiger partial charge in [0, 0.05) is 24.9 Å². The molecule has 0 aromatic heterocycles. The van der Waals surface area contributed by atoms with Gasteiger partial charge in [0.25, 0.3) is 0 Å². The Hall–Kier alpha value is -1.51. The highest BCUT2D eigenvalue weighted by Gasteiger charge is 2.43. The smallest absolute Gasteiger partial charge is 0.223 e. The molecule has 1 aliphatic carbocycles. The van der Waals surface area contributed by atoms with Gasteiger partial charge in [-0.25, -0.2) is 0 Å². The number of hydrogen-bond donors (Lipinski definition) is 0. The van der Waals surface area contributed by atoms with Crippen LogP contribution in [0.5, 0.6) is 5.75 Å². The minimum atomic E-state index is 0.335. The zero-order valence-electron chi connectivity index (χ0n) is 13.3. The first-order valence-corrected chi connectivity index (χ1v) is 8.07. The molecule has 1 aromatic rings. The van der Waals surface area contributed by atoms with Crippen LogP contribution in [0.25, 0.3) is 0 Å². The molecule has 2 unspecified atom stereocenters. The van der Waals surface area contributed by atoms with Gasteiger partial charge in [-0.15, -0.1) is 0 Å². The predicted octanol–water partition coefficient (Wildman–Crippen LogP) is 3.37. The number of rotatable bonds is 4. The molecule has 0 N–H and O–H groups in total. The van der Waals surface area contributed by atoms with E-state index in [2.05, 4.69) is 30.9 Å². The van der Waals surface area contributed by atoms with Crippen molar-refractivity contribution in [3.05, 3.63) is 29.3 Å². The maximum absolute atomic E-state index is 12.4. The highest BCUT2D eigenvalue weighted by Crippen LogP contribution is 2.44. The standard InChI is InChI=1S/C18H25NO2/c1-12(2)9-10-19-16-8-7-14-13(15(16)11-18(19)20)5-4-6-17(14)21-3/h4-6,12,15-16H,7-11H2,1-3H3. The maximum Gasteiger partial charge on any atom is 0.223 e. The van der Waals surface area contributed by atoms with Crippen LogP contribution in [0.3, 0.4) is 0 Å². The minimum absolute atomic E-state index is 0.335. The molecule has 3 heteroatoms. The Labute approximate surface area is 127 Å². The van der Waals surface area contributed by atoms with Gasteiger partial charge in [-0.1, -0.05) is 26.0 Å². The summed E-state index contributed by atoms with van der Waals surface area (Å²) in [6.45, 7) is 5.36. The molecule has 2 atom stereocenters. The van der Waals surface area contributed by atoms with Gasteiger partial charge in [0.15, 0.2) is 0 Å². The monoisotopic (exact) mass is 287 g/mol. The summed E-state index contributed by atoms with van der Waals surface area (Å²) in [6, 6.07) is 6.68. The molecule has 2 aliphatic rings. The van der Waals surface area contributed by atoms with E-state index in [-0.39, 0.29) is 0 Å². The Kier molecular flexibility index (Phi) is 3.92. The average molecular weight is 287 g/mol. The number of benzene rings is 1. The van der Waals surface area contributed by atoms with Crippen molar-refractivity contribution in [3.63, 3.8) is 0 Å². The normalized spacial score (nSPS) is 24.2. The second-order valence-corrected chi connectivity index (χ2v) is 6.71. The summed E-state index contributed by atoms with van der Waals surface area (Å²) in [4.78, 5) is 14.6. The van der Waals surface area contributed by atoms with Gasteiger partial charge in [-0.2, -0.15) is 0 Å². The number of fused-ring (bicyclic) bond motifs is 3. The van der Waals surface area contributed by atoms with E-state index in [0.29, 0.717) is 30.2 Å². The van der Waals surface area contributed by atoms with Crippen LogP contribution >= 0.6 is 0 Å². The number of carbonyl (C=O) groups is 1. The Bertz CT molecular complexity index is 538. The van der Waals surface area contributed by atoms with Crippen molar-refractivity contribution in [2.45, 2.75) is 51.5 Å². The molecule has 0 radical (unpaired) electrons. The van der Waals surface area contributed by atoms with E-state index >= 15 is 0 Å². The fourth-order valence-corrected chi connectivity index (χ4v) is 3.89. The molecule has 3 nitrogen and oxygen atoms in total. The van der Waals surface area contributed by atoms with E-state index < -0.39 is 0 Å². The van der Waals surface area contributed by atoms with Crippen molar-refractivity contribution in [1.82, 2.24) is 4.90 Å². The van der Waals surface area contributed by atoms with Crippen molar-refractivity contribution in [2.24, 2.45) is 5.92 Å². The van der Waals surface area contributed by atoms with Crippen molar-refractivity contribution in [2.75, 3.05) is 13.7 Å². The third-order valence-electron chi connectivity index (χ3n) is 5.01. The molecule has 1 aliphatic heterocycles. The molecule has 0 saturated carbocycles. The predicted molar refractivity (Wildman–Crippen MR) is 83.6 cm³/mol. The Morgan fingerprint density at radius 3 is 2.90 bits per heavy atom. The first-order chi connectivity index (χ1) is 10.1. The number of nitrogens with zero attached hydrogens (tertiary/aromatic N) is 1. The van der Waals surface area contributed by atoms with Crippen molar-refractivity contribution in [3.8, 4) is 5.75 Å². The Balaban J connectivity index is 1.86. The summed E-state index contributed by atoms with van der Waals surface area (Å²) in [5, 5.41) is 0. The van der Waals surface area contributed by atoms with Gasteiger partial charge in [0.1, 0.15) is 5.75 Å². The minimum Gasteiger partial charge on any atom is -0.496 e. The molecule has 1 saturated heterocycles. The van der Waals surface area contributed by atoms with Gasteiger partial charge in [-0.05, 0) is 42.4 Å². The Morgan fingerprint density at radius 1 is 1.38 bits per heavy atom. The third kappa shape index (κ3) is 2.54. The fraction of sp³-hybridized carbons (Fsp3) is 0.611. The lowest BCUT2D eigenvalue weighted by Gasteiger charge is -2.34. The molecule has 1 aromatic carbocycles. The van der Waals surface area contributed by atoms with Crippen LogP contribution in [0.2, 0.25) is 0 Å². The van der Waals surface area contributed by atoms with E-state index in [1.165, 1.54) is 11.1 Å². The number of carbonyl (C=O) groups excluding carboxylic acids is 1. The van der Waals surface area contributed by atoms with Gasteiger partial charge >= 0.3 is 0 Å². The first kappa shape index (κ1) is 14.4. The molecule has 1 amide bonds. The molecule has 0 bridgehead atoms. The average Bonchev–Trinajstić information content (AvgIpc) is 2.80. The van der Waals surface area contributed by atoms with Gasteiger partial charge in [0.2, 0.25) is 5.91 Å². The number of ether oxygens (including phenoxy) is 1. The summed E-state index contributed by atoms with van der Waals surface area (Å²) in [5.74, 6) is 2.33. The molecule has 1 heterocycles. The van der Waals surface area contributed by atoms with Crippen LogP contribution in [0, 0.1) is 5.92 Å². The number of methoxy groups -OCH3 is 1. The van der Waals surface area contributed by atoms with Crippen molar-refractivity contribution in [1.29, 1.82) is 0 Å². The topological polar surface area (TPSA) is 29.5 Å². The quantitative estimate of drug-likeness (QED) is 0.849. The molecule has 0 spiro atoms. The summed E-state index contributed by atoms with van der Waals surface area (Å²) in [5.41, 5.74) is 2.66. The van der Waals surface area contributed by atoms with Crippen LogP contribution in [0.15, 0.2) is 18.2 Å². The van der Waals surface area contributed by atoms with Gasteiger partial charge < -0.3 is 9.64 Å². The first-order valence-electron chi connectivity index (χ1n) is 8.07. The van der Waals surface area contributed by atoms with E-state index in [4.69, 9.17) is 4.74 Å². The number of likely N-dealkylation sites (tertiary alicyclic amines) is 1. The summed E-state index contributed by atoms with van der Waals surface area (Å²) < 4.78 is 5.50. The lowest BCUT2D eigenvalue weighted by atomic mass is 9.79. The van der Waals surface area contributed by atoms with E-state index in [0.717, 1.165) is 31.6 Å². The van der Waals surface area contributed by atoms with E-state index in [1.807, 2.05) is 6.07 Å². The van der Waals surface area contributed by atoms with Crippen LogP contribution in [0.1, 0.15) is 50.2 Å². The largest absolute Gasteiger partial charge is 0.496 e. The second kappa shape index (κ2) is 5.70. The molecular formula is C18H25NO2. The summed E-state index contributed by atoms with van der Waals surface area (Å²) in [7, 11) is 1.73. The molecule has 3 rings (SSSR count). The molecule has 1 fully saturated rings. The SMILES string of the molecule is COc1cccc2c1CCC1C2CC(=O)N1CCC(C)C. The highest BCUT2D eigenvalue weighted by atomic mass is 16.5. The Morgan fingerprint density at radius 2 is 2.19 bits per heavy atom. The van der Waals surface area contributed by atoms with Crippen LogP contribution in [-0.2, 0) is 11.2 Å². The number of hydrogen-bond acceptors (Lipinski definition) is 2. The van der Waals surface area contributed by atoms with E-state index in [1.54, 1.807) is 7.11 Å². The van der Waals surface area contributed by atoms with Crippen LogP contribution in [-0.4, -0.2) is 30.5 Å². The van der Waals surface area contributed by atoms with Crippen LogP contribution < -0.4 is 4.74 Å². The third-order valence-corrected chi connectivity index (χ3v) is 5.01. The van der Waals surface area contributed by atoms with Gasteiger partial charge in [-0.3, -0.25) is 4.79 Å².